The van der Waals surface area contributed by atoms with Crippen molar-refractivity contribution < 1.29 is 23.8 Å². The van der Waals surface area contributed by atoms with E-state index < -0.39 is 29.3 Å². The molecule has 0 bridgehead atoms. The van der Waals surface area contributed by atoms with Crippen LogP contribution in [-0.4, -0.2) is 23.9 Å². The summed E-state index contributed by atoms with van der Waals surface area (Å²) >= 11 is 6.29. The number of nitrogens with zero attached hydrogens (tertiary/aromatic N) is 1. The summed E-state index contributed by atoms with van der Waals surface area (Å²) < 4.78 is 10.6. The molecule has 0 saturated heterocycles. The average molecular weight is 490 g/mol. The Labute approximate surface area is 205 Å². The second-order valence-corrected chi connectivity index (χ2v) is 8.69. The van der Waals surface area contributed by atoms with Crippen molar-refractivity contribution >= 4 is 39.9 Å². The molecule has 1 atom stereocenters. The number of aliphatic hydroxyl groups is 1. The summed E-state index contributed by atoms with van der Waals surface area (Å²) in [6, 6.07) is 20.2. The highest BCUT2D eigenvalue weighted by Gasteiger charge is 2.51. The van der Waals surface area contributed by atoms with E-state index in [-0.39, 0.29) is 23.3 Å². The van der Waals surface area contributed by atoms with Crippen molar-refractivity contribution in [3.8, 4) is 5.75 Å². The fourth-order valence-corrected chi connectivity index (χ4v) is 4.63. The van der Waals surface area contributed by atoms with Crippen molar-refractivity contribution in [1.29, 1.82) is 0 Å². The Hall–Kier alpha value is -3.94. The lowest BCUT2D eigenvalue weighted by molar-refractivity contribution is -0.136. The molecule has 1 N–H and O–H groups in total. The highest BCUT2D eigenvalue weighted by atomic mass is 35.5. The van der Waals surface area contributed by atoms with Crippen LogP contribution in [0.15, 0.2) is 82.0 Å². The standard InChI is InChI=1S/C27H20ClNO6/c1-34-23-12-6-8-16-13-18(25(31)35-24(16)23)22(30)14-27(33)19-9-3-5-11-21(19)29(26(27)32)15-17-7-2-4-10-20(17)28/h2-13,33H,14-15H2,1H3. The van der Waals surface area contributed by atoms with Gasteiger partial charge in [-0.05, 0) is 29.8 Å². The summed E-state index contributed by atoms with van der Waals surface area (Å²) in [4.78, 5) is 40.8. The van der Waals surface area contributed by atoms with Gasteiger partial charge in [0.25, 0.3) is 5.91 Å². The molecule has 35 heavy (non-hydrogen) atoms. The number of hydrogen-bond acceptors (Lipinski definition) is 6. The monoisotopic (exact) mass is 489 g/mol. The van der Waals surface area contributed by atoms with Gasteiger partial charge in [-0.3, -0.25) is 9.59 Å². The predicted octanol–water partition coefficient (Wildman–Crippen LogP) is 4.46. The number of halogens is 1. The smallest absolute Gasteiger partial charge is 0.347 e. The van der Waals surface area contributed by atoms with Gasteiger partial charge in [-0.15, -0.1) is 0 Å². The molecule has 2 heterocycles. The molecule has 1 amide bonds. The van der Waals surface area contributed by atoms with E-state index in [1.165, 1.54) is 18.1 Å². The first-order valence-corrected chi connectivity index (χ1v) is 11.2. The van der Waals surface area contributed by atoms with Crippen LogP contribution in [-0.2, 0) is 16.9 Å². The van der Waals surface area contributed by atoms with Crippen molar-refractivity contribution in [2.24, 2.45) is 0 Å². The maximum Gasteiger partial charge on any atom is 0.347 e. The zero-order valence-corrected chi connectivity index (χ0v) is 19.4. The van der Waals surface area contributed by atoms with Crippen LogP contribution in [0.25, 0.3) is 11.0 Å². The second kappa shape index (κ2) is 8.69. The van der Waals surface area contributed by atoms with Crippen LogP contribution in [0, 0.1) is 0 Å². The number of rotatable bonds is 6. The molecule has 0 fully saturated rings. The van der Waals surface area contributed by atoms with Crippen LogP contribution in [0.1, 0.15) is 27.9 Å². The molecule has 3 aromatic carbocycles. The molecule has 0 saturated carbocycles. The minimum atomic E-state index is -2.15. The van der Waals surface area contributed by atoms with E-state index in [4.69, 9.17) is 20.8 Å². The third-order valence-corrected chi connectivity index (χ3v) is 6.55. The normalized spacial score (nSPS) is 17.0. The maximum atomic E-state index is 13.5. The number of ketones is 1. The van der Waals surface area contributed by atoms with Gasteiger partial charge in [0.2, 0.25) is 0 Å². The minimum Gasteiger partial charge on any atom is -0.493 e. The number of fused-ring (bicyclic) bond motifs is 2. The lowest BCUT2D eigenvalue weighted by Crippen LogP contribution is -2.42. The summed E-state index contributed by atoms with van der Waals surface area (Å²) in [7, 11) is 1.45. The molecule has 0 spiro atoms. The highest BCUT2D eigenvalue weighted by Crippen LogP contribution is 2.44. The number of benzene rings is 3. The first-order valence-electron chi connectivity index (χ1n) is 10.8. The van der Waals surface area contributed by atoms with Gasteiger partial charge in [0, 0.05) is 16.0 Å². The zero-order valence-electron chi connectivity index (χ0n) is 18.7. The maximum absolute atomic E-state index is 13.5. The SMILES string of the molecule is COc1cccc2cc(C(=O)CC3(O)C(=O)N(Cc4ccccc4Cl)c4ccccc43)c(=O)oc12. The molecule has 4 aromatic rings. The Morgan fingerprint density at radius 3 is 2.57 bits per heavy atom. The van der Waals surface area contributed by atoms with Gasteiger partial charge in [-0.25, -0.2) is 4.79 Å². The largest absolute Gasteiger partial charge is 0.493 e. The number of carbonyl (C=O) groups is 2. The molecule has 1 aliphatic heterocycles. The molecule has 1 aliphatic rings. The number of methoxy groups -OCH3 is 1. The number of para-hydroxylation sites is 2. The van der Waals surface area contributed by atoms with Crippen LogP contribution in [0.5, 0.6) is 5.75 Å². The summed E-state index contributed by atoms with van der Waals surface area (Å²) in [5, 5.41) is 12.5. The Morgan fingerprint density at radius 1 is 1.06 bits per heavy atom. The first-order chi connectivity index (χ1) is 16.8. The van der Waals surface area contributed by atoms with Crippen molar-refractivity contribution in [1.82, 2.24) is 0 Å². The summed E-state index contributed by atoms with van der Waals surface area (Å²) in [6.07, 6.45) is -0.623. The number of ether oxygens (including phenoxy) is 1. The molecule has 0 radical (unpaired) electrons. The van der Waals surface area contributed by atoms with Crippen LogP contribution in [0.3, 0.4) is 0 Å². The lowest BCUT2D eigenvalue weighted by atomic mass is 9.88. The fourth-order valence-electron chi connectivity index (χ4n) is 4.43. The predicted molar refractivity (Wildman–Crippen MR) is 131 cm³/mol. The van der Waals surface area contributed by atoms with Crippen LogP contribution < -0.4 is 15.3 Å². The van der Waals surface area contributed by atoms with Crippen molar-refractivity contribution in [3.63, 3.8) is 0 Å². The molecule has 1 aromatic heterocycles. The van der Waals surface area contributed by atoms with Gasteiger partial charge >= 0.3 is 5.63 Å². The van der Waals surface area contributed by atoms with E-state index >= 15 is 0 Å². The van der Waals surface area contributed by atoms with Crippen molar-refractivity contribution in [2.45, 2.75) is 18.6 Å². The zero-order chi connectivity index (χ0) is 24.7. The number of amides is 1. The lowest BCUT2D eigenvalue weighted by Gasteiger charge is -2.23. The second-order valence-electron chi connectivity index (χ2n) is 8.29. The van der Waals surface area contributed by atoms with Crippen LogP contribution in [0.2, 0.25) is 5.02 Å². The van der Waals surface area contributed by atoms with Crippen molar-refractivity contribution in [2.75, 3.05) is 12.0 Å². The van der Waals surface area contributed by atoms with E-state index in [2.05, 4.69) is 0 Å². The number of anilines is 1. The molecular formula is C27H20ClNO6. The Morgan fingerprint density at radius 2 is 1.80 bits per heavy atom. The van der Waals surface area contributed by atoms with E-state index in [1.807, 2.05) is 0 Å². The average Bonchev–Trinajstić information content (AvgIpc) is 3.06. The molecule has 7 nitrogen and oxygen atoms in total. The van der Waals surface area contributed by atoms with Gasteiger partial charge in [-0.1, -0.05) is 60.1 Å². The Kier molecular flexibility index (Phi) is 5.67. The molecule has 176 valence electrons. The number of hydrogen-bond donors (Lipinski definition) is 1. The molecule has 5 rings (SSSR count). The summed E-state index contributed by atoms with van der Waals surface area (Å²) in [6.45, 7) is 0.115. The quantitative estimate of drug-likeness (QED) is 0.317. The third kappa shape index (κ3) is 3.79. The summed E-state index contributed by atoms with van der Waals surface area (Å²) in [5.74, 6) is -1.03. The third-order valence-electron chi connectivity index (χ3n) is 6.19. The molecular weight excluding hydrogens is 470 g/mol. The Balaban J connectivity index is 1.52. The van der Waals surface area contributed by atoms with Crippen molar-refractivity contribution in [3.05, 3.63) is 105 Å². The van der Waals surface area contributed by atoms with Gasteiger partial charge in [0.05, 0.1) is 25.8 Å². The molecule has 0 aliphatic carbocycles. The minimum absolute atomic E-state index is 0.115. The van der Waals surface area contributed by atoms with Gasteiger partial charge in [-0.2, -0.15) is 0 Å². The number of Topliss-reactive ketones (excluding diaryl/α,β-unsaturated/α-hetero) is 1. The van der Waals surface area contributed by atoms with Gasteiger partial charge in [0.1, 0.15) is 5.56 Å². The summed E-state index contributed by atoms with van der Waals surface area (Å²) in [5.41, 5.74) is -1.61. The van der Waals surface area contributed by atoms with Crippen LogP contribution >= 0.6 is 11.6 Å². The first kappa shape index (κ1) is 22.8. The van der Waals surface area contributed by atoms with E-state index in [9.17, 15) is 19.5 Å². The van der Waals surface area contributed by atoms with E-state index in [0.29, 0.717) is 27.4 Å². The van der Waals surface area contributed by atoms with Gasteiger partial charge in [0.15, 0.2) is 22.7 Å². The highest BCUT2D eigenvalue weighted by molar-refractivity contribution is 6.31. The van der Waals surface area contributed by atoms with Crippen LogP contribution in [0.4, 0.5) is 5.69 Å². The van der Waals surface area contributed by atoms with E-state index in [0.717, 1.165) is 0 Å². The topological polar surface area (TPSA) is 97.0 Å². The number of carbonyl (C=O) groups excluding carboxylic acids is 2. The molecule has 8 heteroatoms. The molecule has 1 unspecified atom stereocenters. The van der Waals surface area contributed by atoms with Gasteiger partial charge < -0.3 is 19.2 Å². The Bertz CT molecular complexity index is 1540. The van der Waals surface area contributed by atoms with E-state index in [1.54, 1.807) is 66.7 Å². The fraction of sp³-hybridized carbons (Fsp3) is 0.148.